The van der Waals surface area contributed by atoms with Gasteiger partial charge in [0.15, 0.2) is 5.82 Å². The number of rotatable bonds is 4. The van der Waals surface area contributed by atoms with Gasteiger partial charge in [-0.05, 0) is 74.3 Å². The van der Waals surface area contributed by atoms with Gasteiger partial charge in [0, 0.05) is 27.6 Å². The van der Waals surface area contributed by atoms with Crippen molar-refractivity contribution >= 4 is 29.1 Å². The number of aromatic nitrogens is 3. The van der Waals surface area contributed by atoms with Crippen molar-refractivity contribution in [2.45, 2.75) is 57.9 Å². The summed E-state index contributed by atoms with van der Waals surface area (Å²) in [5.41, 5.74) is 2.90. The standard InChI is InChI=1S/C26H28Cl2N4O/c1-4-26-12-11-20(19-10-7-17(13-21(19)28)24-30-15(3)31-32-24)22(16-5-8-18(27)9-6-16)23(26)14(2)29-25(26)33/h5-10,13-14,20,22-23H,4,11-12H2,1-3H3,(H,29,33)(H,30,31,32)/t14-,20+,22+,23+,26-/m1/s1. The lowest BCUT2D eigenvalue weighted by Crippen LogP contribution is -2.43. The molecule has 3 aromatic rings. The Hall–Kier alpha value is -2.37. The highest BCUT2D eigenvalue weighted by molar-refractivity contribution is 6.31. The normalized spacial score (nSPS) is 29.1. The van der Waals surface area contributed by atoms with Gasteiger partial charge in [-0.1, -0.05) is 54.4 Å². The number of hydrogen-bond acceptors (Lipinski definition) is 3. The third-order valence-electron chi connectivity index (χ3n) is 7.87. The maximum absolute atomic E-state index is 13.1. The van der Waals surface area contributed by atoms with Gasteiger partial charge in [0.05, 0.1) is 5.41 Å². The molecule has 0 bridgehead atoms. The number of aryl methyl sites for hydroxylation is 1. The van der Waals surface area contributed by atoms with Crippen LogP contribution in [0.1, 0.15) is 61.9 Å². The van der Waals surface area contributed by atoms with Crippen LogP contribution in [0.25, 0.3) is 11.4 Å². The van der Waals surface area contributed by atoms with Gasteiger partial charge in [-0.15, -0.1) is 0 Å². The molecule has 0 spiro atoms. The highest BCUT2D eigenvalue weighted by atomic mass is 35.5. The van der Waals surface area contributed by atoms with Gasteiger partial charge in [-0.2, -0.15) is 5.10 Å². The highest BCUT2D eigenvalue weighted by Gasteiger charge is 2.59. The topological polar surface area (TPSA) is 70.7 Å². The van der Waals surface area contributed by atoms with Crippen molar-refractivity contribution in [2.24, 2.45) is 11.3 Å². The zero-order valence-corrected chi connectivity index (χ0v) is 20.5. The molecule has 1 aromatic heterocycles. The minimum Gasteiger partial charge on any atom is -0.353 e. The Morgan fingerprint density at radius 1 is 1.15 bits per heavy atom. The average Bonchev–Trinajstić information content (AvgIpc) is 3.35. The maximum atomic E-state index is 13.1. The molecule has 2 N–H and O–H groups in total. The van der Waals surface area contributed by atoms with Gasteiger partial charge in [-0.3, -0.25) is 9.89 Å². The summed E-state index contributed by atoms with van der Waals surface area (Å²) in [7, 11) is 0. The van der Waals surface area contributed by atoms with Crippen molar-refractivity contribution in [3.63, 3.8) is 0 Å². The fourth-order valence-corrected chi connectivity index (χ4v) is 6.79. The molecule has 5 atom stereocenters. The van der Waals surface area contributed by atoms with Crippen molar-refractivity contribution in [1.82, 2.24) is 20.5 Å². The van der Waals surface area contributed by atoms with Crippen LogP contribution in [0.4, 0.5) is 0 Å². The molecule has 5 nitrogen and oxygen atoms in total. The first-order chi connectivity index (χ1) is 15.8. The summed E-state index contributed by atoms with van der Waals surface area (Å²) in [6.07, 6.45) is 2.60. The van der Waals surface area contributed by atoms with E-state index in [-0.39, 0.29) is 35.1 Å². The van der Waals surface area contributed by atoms with Crippen LogP contribution < -0.4 is 5.32 Å². The van der Waals surface area contributed by atoms with E-state index in [9.17, 15) is 4.79 Å². The number of benzene rings is 2. The highest BCUT2D eigenvalue weighted by Crippen LogP contribution is 2.60. The summed E-state index contributed by atoms with van der Waals surface area (Å²) in [5, 5.41) is 11.8. The first-order valence-electron chi connectivity index (χ1n) is 11.6. The largest absolute Gasteiger partial charge is 0.353 e. The third kappa shape index (κ3) is 3.66. The van der Waals surface area contributed by atoms with Crippen LogP contribution in [0, 0.1) is 18.3 Å². The number of carbonyl (C=O) groups excluding carboxylic acids is 1. The molecule has 0 unspecified atom stereocenters. The van der Waals surface area contributed by atoms with Crippen LogP contribution >= 0.6 is 23.2 Å². The molecule has 1 saturated carbocycles. The third-order valence-corrected chi connectivity index (χ3v) is 8.45. The molecule has 33 heavy (non-hydrogen) atoms. The fourth-order valence-electron chi connectivity index (χ4n) is 6.34. The average molecular weight is 483 g/mol. The summed E-state index contributed by atoms with van der Waals surface area (Å²) in [4.78, 5) is 17.6. The van der Waals surface area contributed by atoms with Crippen LogP contribution in [-0.4, -0.2) is 27.1 Å². The van der Waals surface area contributed by atoms with E-state index in [0.29, 0.717) is 16.7 Å². The smallest absolute Gasteiger partial charge is 0.226 e. The van der Waals surface area contributed by atoms with Crippen LogP contribution in [0.15, 0.2) is 42.5 Å². The zero-order chi connectivity index (χ0) is 23.3. The van der Waals surface area contributed by atoms with Gasteiger partial charge >= 0.3 is 0 Å². The molecule has 5 rings (SSSR count). The summed E-state index contributed by atoms with van der Waals surface area (Å²) >= 11 is 13.1. The molecular formula is C26H28Cl2N4O. The van der Waals surface area contributed by atoms with Gasteiger partial charge in [0.1, 0.15) is 5.82 Å². The Bertz CT molecular complexity index is 1190. The molecule has 1 aliphatic heterocycles. The first kappa shape index (κ1) is 22.4. The Labute approximate surface area is 204 Å². The van der Waals surface area contributed by atoms with E-state index in [0.717, 1.165) is 35.4 Å². The molecule has 1 aliphatic carbocycles. The summed E-state index contributed by atoms with van der Waals surface area (Å²) < 4.78 is 0. The van der Waals surface area contributed by atoms with Gasteiger partial charge in [-0.25, -0.2) is 4.98 Å². The lowest BCUT2D eigenvalue weighted by molar-refractivity contribution is -0.131. The molecule has 1 saturated heterocycles. The van der Waals surface area contributed by atoms with Crippen LogP contribution in [0.5, 0.6) is 0 Å². The molecule has 2 heterocycles. The second kappa shape index (κ2) is 8.44. The SMILES string of the molecule is CC[C@@]12CC[C@@H](c3ccc(-c4nc(C)n[nH]4)cc3Cl)[C@H](c3ccc(Cl)cc3)[C@@H]1[C@@H](C)NC2=O. The molecule has 2 fully saturated rings. The predicted octanol–water partition coefficient (Wildman–Crippen LogP) is 6.28. The minimum absolute atomic E-state index is 0.0937. The molecule has 2 aromatic carbocycles. The van der Waals surface area contributed by atoms with Gasteiger partial charge in [0.2, 0.25) is 5.91 Å². The van der Waals surface area contributed by atoms with E-state index in [2.05, 4.69) is 58.6 Å². The Balaban J connectivity index is 1.60. The second-order valence-electron chi connectivity index (χ2n) is 9.49. The van der Waals surface area contributed by atoms with E-state index < -0.39 is 0 Å². The lowest BCUT2D eigenvalue weighted by Gasteiger charge is -2.47. The maximum Gasteiger partial charge on any atom is 0.226 e. The molecule has 0 radical (unpaired) electrons. The predicted molar refractivity (Wildman–Crippen MR) is 132 cm³/mol. The first-order valence-corrected chi connectivity index (χ1v) is 12.3. The number of halogens is 2. The van der Waals surface area contributed by atoms with E-state index in [1.807, 2.05) is 25.1 Å². The number of fused-ring (bicyclic) bond motifs is 1. The van der Waals surface area contributed by atoms with Crippen molar-refractivity contribution in [2.75, 3.05) is 0 Å². The monoisotopic (exact) mass is 482 g/mol. The molecule has 172 valence electrons. The Morgan fingerprint density at radius 2 is 1.91 bits per heavy atom. The zero-order valence-electron chi connectivity index (χ0n) is 19.0. The van der Waals surface area contributed by atoms with E-state index in [1.54, 1.807) is 0 Å². The number of H-pyrrole nitrogens is 1. The number of carbonyl (C=O) groups is 1. The quantitative estimate of drug-likeness (QED) is 0.459. The number of amides is 1. The van der Waals surface area contributed by atoms with E-state index in [1.165, 1.54) is 5.56 Å². The number of aromatic amines is 1. The Morgan fingerprint density at radius 3 is 2.55 bits per heavy atom. The molecule has 7 heteroatoms. The molecule has 2 aliphatic rings. The number of nitrogens with one attached hydrogen (secondary N) is 2. The second-order valence-corrected chi connectivity index (χ2v) is 10.3. The summed E-state index contributed by atoms with van der Waals surface area (Å²) in [5.74, 6) is 2.14. The minimum atomic E-state index is -0.343. The van der Waals surface area contributed by atoms with Gasteiger partial charge < -0.3 is 5.32 Å². The Kier molecular flexibility index (Phi) is 5.74. The summed E-state index contributed by atoms with van der Waals surface area (Å²) in [6.45, 7) is 6.14. The summed E-state index contributed by atoms with van der Waals surface area (Å²) in [6, 6.07) is 14.4. The van der Waals surface area contributed by atoms with Crippen molar-refractivity contribution in [3.05, 3.63) is 69.5 Å². The van der Waals surface area contributed by atoms with E-state index in [4.69, 9.17) is 23.2 Å². The number of nitrogens with zero attached hydrogens (tertiary/aromatic N) is 2. The van der Waals surface area contributed by atoms with Crippen molar-refractivity contribution < 1.29 is 4.79 Å². The lowest BCUT2D eigenvalue weighted by atomic mass is 9.54. The molecular weight excluding hydrogens is 455 g/mol. The van der Waals surface area contributed by atoms with Crippen molar-refractivity contribution in [3.8, 4) is 11.4 Å². The van der Waals surface area contributed by atoms with Crippen molar-refractivity contribution in [1.29, 1.82) is 0 Å². The van der Waals surface area contributed by atoms with Crippen LogP contribution in [-0.2, 0) is 4.79 Å². The number of hydrogen-bond donors (Lipinski definition) is 2. The van der Waals surface area contributed by atoms with Gasteiger partial charge in [0.25, 0.3) is 0 Å². The van der Waals surface area contributed by atoms with Crippen LogP contribution in [0.3, 0.4) is 0 Å². The van der Waals surface area contributed by atoms with Crippen LogP contribution in [0.2, 0.25) is 10.0 Å². The van der Waals surface area contributed by atoms with E-state index >= 15 is 0 Å². The molecule has 1 amide bonds. The fraction of sp³-hybridized carbons (Fsp3) is 0.423.